The van der Waals surface area contributed by atoms with Gasteiger partial charge in [-0.25, -0.2) is 4.39 Å². The highest BCUT2D eigenvalue weighted by atomic mass is 127. The van der Waals surface area contributed by atoms with Gasteiger partial charge in [0.25, 0.3) is 0 Å². The second-order valence-corrected chi connectivity index (χ2v) is 3.92. The van der Waals surface area contributed by atoms with Gasteiger partial charge in [0.1, 0.15) is 6.67 Å². The Morgan fingerprint density at radius 2 is 2.12 bits per heavy atom. The molecule has 0 spiro atoms. The van der Waals surface area contributed by atoms with Crippen LogP contribution in [-0.2, 0) is 12.8 Å². The Morgan fingerprint density at radius 3 is 2.88 bits per heavy atom. The largest absolute Gasteiger partial charge is 0.370 e. The molecule has 1 aliphatic rings. The van der Waals surface area contributed by atoms with Crippen LogP contribution in [0.2, 0.25) is 0 Å². The van der Waals surface area contributed by atoms with E-state index in [1.807, 2.05) is 6.07 Å². The normalized spacial score (nSPS) is 14.1. The number of nitrogens with two attached hydrogens (primary N) is 1. The van der Waals surface area contributed by atoms with Crippen LogP contribution in [0, 0.1) is 0 Å². The molecule has 94 valence electrons. The number of halogens is 2. The molecule has 0 bridgehead atoms. The van der Waals surface area contributed by atoms with E-state index >= 15 is 0 Å². The van der Waals surface area contributed by atoms with Crippen LogP contribution in [-0.4, -0.2) is 19.2 Å². The summed E-state index contributed by atoms with van der Waals surface area (Å²) in [6, 6.07) is 6.20. The number of guanidine groups is 1. The summed E-state index contributed by atoms with van der Waals surface area (Å²) >= 11 is 0. The number of aryl methyl sites for hydroxylation is 2. The van der Waals surface area contributed by atoms with Crippen molar-refractivity contribution in [1.29, 1.82) is 0 Å². The number of hydrogen-bond donors (Lipinski definition) is 2. The molecule has 0 aromatic heterocycles. The molecule has 3 N–H and O–H groups in total. The Morgan fingerprint density at radius 1 is 1.35 bits per heavy atom. The zero-order valence-corrected chi connectivity index (χ0v) is 11.9. The molecule has 1 aliphatic carbocycles. The molecule has 3 nitrogen and oxygen atoms in total. The lowest BCUT2D eigenvalue weighted by molar-refractivity contribution is 0.505. The van der Waals surface area contributed by atoms with Gasteiger partial charge in [0.05, 0.1) is 6.54 Å². The average molecular weight is 349 g/mol. The molecule has 0 aliphatic heterocycles. The van der Waals surface area contributed by atoms with Gasteiger partial charge < -0.3 is 11.1 Å². The fraction of sp³-hybridized carbons (Fsp3) is 0.417. The molecule has 0 amide bonds. The Kier molecular flexibility index (Phi) is 5.67. The lowest BCUT2D eigenvalue weighted by atomic mass is 10.1. The third kappa shape index (κ3) is 3.83. The van der Waals surface area contributed by atoms with Crippen LogP contribution >= 0.6 is 24.0 Å². The maximum absolute atomic E-state index is 11.9. The first kappa shape index (κ1) is 14.2. The van der Waals surface area contributed by atoms with Crippen LogP contribution in [0.5, 0.6) is 0 Å². The van der Waals surface area contributed by atoms with Crippen LogP contribution in [0.15, 0.2) is 23.2 Å². The summed E-state index contributed by atoms with van der Waals surface area (Å²) in [5, 5.41) is 2.97. The molecule has 2 rings (SSSR count). The maximum atomic E-state index is 11.9. The molecule has 0 atom stereocenters. The molecule has 0 unspecified atom stereocenters. The summed E-state index contributed by atoms with van der Waals surface area (Å²) in [4.78, 5) is 3.84. The smallest absolute Gasteiger partial charge is 0.193 e. The first-order valence-corrected chi connectivity index (χ1v) is 5.54. The molecule has 17 heavy (non-hydrogen) atoms. The summed E-state index contributed by atoms with van der Waals surface area (Å²) in [6.07, 6.45) is 3.53. The Balaban J connectivity index is 0.00000144. The number of nitrogens with zero attached hydrogens (tertiary/aromatic N) is 1. The number of alkyl halides is 1. The van der Waals surface area contributed by atoms with Crippen molar-refractivity contribution in [2.24, 2.45) is 10.7 Å². The van der Waals surface area contributed by atoms with Gasteiger partial charge >= 0.3 is 0 Å². The van der Waals surface area contributed by atoms with Crippen molar-refractivity contribution in [3.05, 3.63) is 29.3 Å². The van der Waals surface area contributed by atoms with Gasteiger partial charge in [-0.15, -0.1) is 24.0 Å². The van der Waals surface area contributed by atoms with Gasteiger partial charge in [0, 0.05) is 5.69 Å². The first-order chi connectivity index (χ1) is 7.79. The van der Waals surface area contributed by atoms with E-state index < -0.39 is 6.67 Å². The van der Waals surface area contributed by atoms with Crippen molar-refractivity contribution in [2.75, 3.05) is 18.5 Å². The lowest BCUT2D eigenvalue weighted by Crippen LogP contribution is -2.23. The number of benzene rings is 1. The molecule has 0 saturated heterocycles. The van der Waals surface area contributed by atoms with Crippen molar-refractivity contribution in [3.8, 4) is 0 Å². The fourth-order valence-corrected chi connectivity index (χ4v) is 2.00. The van der Waals surface area contributed by atoms with Crippen molar-refractivity contribution in [2.45, 2.75) is 19.3 Å². The zero-order chi connectivity index (χ0) is 11.4. The van der Waals surface area contributed by atoms with Crippen LogP contribution in [0.4, 0.5) is 10.1 Å². The highest BCUT2D eigenvalue weighted by molar-refractivity contribution is 14.0. The minimum atomic E-state index is -0.480. The summed E-state index contributed by atoms with van der Waals surface area (Å²) in [7, 11) is 0. The predicted octanol–water partition coefficient (Wildman–Crippen LogP) is 2.49. The third-order valence-corrected chi connectivity index (χ3v) is 2.74. The molecule has 5 heteroatoms. The summed E-state index contributed by atoms with van der Waals surface area (Å²) in [5.74, 6) is 0.274. The van der Waals surface area contributed by atoms with E-state index in [9.17, 15) is 4.39 Å². The number of aliphatic imine (C=N–C) groups is 1. The second kappa shape index (κ2) is 6.78. The number of hydrogen-bond acceptors (Lipinski definition) is 1. The van der Waals surface area contributed by atoms with Crippen molar-refractivity contribution >= 4 is 35.6 Å². The van der Waals surface area contributed by atoms with Crippen LogP contribution in [0.1, 0.15) is 17.5 Å². The van der Waals surface area contributed by atoms with Gasteiger partial charge in [-0.3, -0.25) is 4.99 Å². The number of nitrogens with one attached hydrogen (secondary N) is 1. The van der Waals surface area contributed by atoms with Crippen LogP contribution in [0.25, 0.3) is 0 Å². The van der Waals surface area contributed by atoms with E-state index in [1.54, 1.807) is 0 Å². The second-order valence-electron chi connectivity index (χ2n) is 3.92. The number of fused-ring (bicyclic) bond motifs is 1. The fourth-order valence-electron chi connectivity index (χ4n) is 2.00. The third-order valence-electron chi connectivity index (χ3n) is 2.74. The molecule has 0 saturated carbocycles. The van der Waals surface area contributed by atoms with E-state index in [1.165, 1.54) is 24.0 Å². The summed E-state index contributed by atoms with van der Waals surface area (Å²) < 4.78 is 11.9. The first-order valence-electron chi connectivity index (χ1n) is 5.54. The minimum Gasteiger partial charge on any atom is -0.370 e. The topological polar surface area (TPSA) is 50.4 Å². The van der Waals surface area contributed by atoms with E-state index in [0.29, 0.717) is 0 Å². The Labute approximate surface area is 118 Å². The van der Waals surface area contributed by atoms with Gasteiger partial charge in [0.2, 0.25) is 0 Å². The van der Waals surface area contributed by atoms with E-state index in [0.717, 1.165) is 12.1 Å². The summed E-state index contributed by atoms with van der Waals surface area (Å²) in [6.45, 7) is -0.365. The van der Waals surface area contributed by atoms with Gasteiger partial charge in [0.15, 0.2) is 5.96 Å². The van der Waals surface area contributed by atoms with Crippen LogP contribution < -0.4 is 11.1 Å². The van der Waals surface area contributed by atoms with Crippen molar-refractivity contribution < 1.29 is 4.39 Å². The van der Waals surface area contributed by atoms with Gasteiger partial charge in [-0.2, -0.15) is 0 Å². The SMILES string of the molecule is I.NC(=NCCF)Nc1ccc2c(c1)CCC2. The lowest BCUT2D eigenvalue weighted by Gasteiger charge is -2.07. The Hall–Kier alpha value is -0.850. The van der Waals surface area contributed by atoms with E-state index in [4.69, 9.17) is 5.73 Å². The predicted molar refractivity (Wildman–Crippen MR) is 80.0 cm³/mol. The van der Waals surface area contributed by atoms with Gasteiger partial charge in [-0.1, -0.05) is 6.07 Å². The number of anilines is 1. The average Bonchev–Trinajstić information content (AvgIpc) is 2.73. The molecule has 0 fully saturated rings. The standard InChI is InChI=1S/C12H16FN3.HI/c13-6-7-15-12(14)16-11-5-4-9-2-1-3-10(9)8-11;/h4-5,8H,1-3,6-7H2,(H3,14,15,16);1H. The van der Waals surface area contributed by atoms with E-state index in [2.05, 4.69) is 22.4 Å². The maximum Gasteiger partial charge on any atom is 0.193 e. The molecule has 1 aromatic carbocycles. The highest BCUT2D eigenvalue weighted by Gasteiger charge is 2.10. The summed E-state index contributed by atoms with van der Waals surface area (Å²) in [5.41, 5.74) is 9.34. The molecular weight excluding hydrogens is 332 g/mol. The molecule has 0 heterocycles. The van der Waals surface area contributed by atoms with Gasteiger partial charge in [-0.05, 0) is 42.5 Å². The quantitative estimate of drug-likeness (QED) is 0.501. The van der Waals surface area contributed by atoms with Crippen molar-refractivity contribution in [1.82, 2.24) is 0 Å². The molecule has 1 aromatic rings. The van der Waals surface area contributed by atoms with Crippen molar-refractivity contribution in [3.63, 3.8) is 0 Å². The monoisotopic (exact) mass is 349 g/mol. The zero-order valence-electron chi connectivity index (χ0n) is 9.58. The molecule has 0 radical (unpaired) electrons. The number of rotatable bonds is 3. The van der Waals surface area contributed by atoms with E-state index in [-0.39, 0.29) is 36.5 Å². The Bertz CT molecular complexity index is 407. The minimum absolute atomic E-state index is 0. The highest BCUT2D eigenvalue weighted by Crippen LogP contribution is 2.24. The van der Waals surface area contributed by atoms with Crippen LogP contribution in [0.3, 0.4) is 0 Å². The molecular formula is C12H17FIN3.